The van der Waals surface area contributed by atoms with Gasteiger partial charge >= 0.3 is 6.09 Å². The van der Waals surface area contributed by atoms with E-state index in [2.05, 4.69) is 15.4 Å². The molecule has 0 saturated heterocycles. The number of nitrogens with one attached hydrogen (secondary N) is 1. The lowest BCUT2D eigenvalue weighted by Crippen LogP contribution is -2.33. The van der Waals surface area contributed by atoms with Gasteiger partial charge in [0.05, 0.1) is 14.2 Å². The number of rotatable bonds is 5. The van der Waals surface area contributed by atoms with Crippen LogP contribution < -0.4 is 15.3 Å². The molecule has 8 heteroatoms. The van der Waals surface area contributed by atoms with E-state index in [4.69, 9.17) is 14.4 Å². The molecule has 0 saturated carbocycles. The molecule has 0 unspecified atom stereocenters. The average Bonchev–Trinajstić information content (AvgIpc) is 2.50. The Morgan fingerprint density at radius 2 is 1.95 bits per heavy atom. The van der Waals surface area contributed by atoms with Gasteiger partial charge in [-0.2, -0.15) is 0 Å². The van der Waals surface area contributed by atoms with Crippen LogP contribution in [-0.4, -0.2) is 30.3 Å². The van der Waals surface area contributed by atoms with Crippen LogP contribution in [0.1, 0.15) is 0 Å². The molecule has 110 valence electrons. The van der Waals surface area contributed by atoms with Crippen LogP contribution >= 0.6 is 0 Å². The second-order valence-corrected chi connectivity index (χ2v) is 3.73. The fourth-order valence-electron chi connectivity index (χ4n) is 1.51. The predicted molar refractivity (Wildman–Crippen MR) is 74.6 cm³/mol. The van der Waals surface area contributed by atoms with Crippen molar-refractivity contribution in [2.24, 2.45) is 0 Å². The number of hydrogen-bond acceptors (Lipinski definition) is 7. The smallest absolute Gasteiger partial charge is 0.408 e. The summed E-state index contributed by atoms with van der Waals surface area (Å²) in [7, 11) is 2.78. The second-order valence-electron chi connectivity index (χ2n) is 3.73. The van der Waals surface area contributed by atoms with E-state index in [0.717, 1.165) is 5.06 Å². The quantitative estimate of drug-likeness (QED) is 0.843. The van der Waals surface area contributed by atoms with Gasteiger partial charge in [0, 0.05) is 6.07 Å². The molecule has 0 spiro atoms. The number of nitrogens with zero attached hydrogens (tertiary/aromatic N) is 3. The highest BCUT2D eigenvalue weighted by atomic mass is 16.7. The van der Waals surface area contributed by atoms with Crippen molar-refractivity contribution < 1.29 is 19.2 Å². The maximum absolute atomic E-state index is 12.1. The number of anilines is 2. The third-order valence-electron chi connectivity index (χ3n) is 2.36. The van der Waals surface area contributed by atoms with Gasteiger partial charge in [-0.25, -0.2) is 20.2 Å². The Kier molecular flexibility index (Phi) is 5.02. The lowest BCUT2D eigenvalue weighted by Gasteiger charge is -2.18. The van der Waals surface area contributed by atoms with Gasteiger partial charge in [0.1, 0.15) is 12.1 Å². The van der Waals surface area contributed by atoms with Crippen LogP contribution in [-0.2, 0) is 9.68 Å². The SMILES string of the molecule is CONc1cc(N(OC)C(=O)Oc2ccccc2)ncn1. The number of amides is 1. The van der Waals surface area contributed by atoms with Gasteiger partial charge in [0.15, 0.2) is 11.6 Å². The first-order chi connectivity index (χ1) is 10.2. The first-order valence-corrected chi connectivity index (χ1v) is 5.96. The molecular formula is C13H14N4O4. The van der Waals surface area contributed by atoms with Crippen LogP contribution in [0, 0.1) is 0 Å². The Labute approximate surface area is 121 Å². The molecule has 8 nitrogen and oxygen atoms in total. The summed E-state index contributed by atoms with van der Waals surface area (Å²) in [5, 5.41) is 0.898. The van der Waals surface area contributed by atoms with Gasteiger partial charge < -0.3 is 4.74 Å². The van der Waals surface area contributed by atoms with Gasteiger partial charge in [-0.1, -0.05) is 18.2 Å². The lowest BCUT2D eigenvalue weighted by atomic mass is 10.3. The van der Waals surface area contributed by atoms with E-state index >= 15 is 0 Å². The summed E-state index contributed by atoms with van der Waals surface area (Å²) < 4.78 is 5.17. The Morgan fingerprint density at radius 3 is 2.62 bits per heavy atom. The zero-order chi connectivity index (χ0) is 15.1. The number of ether oxygens (including phenoxy) is 1. The summed E-state index contributed by atoms with van der Waals surface area (Å²) in [6.07, 6.45) is 0.532. The van der Waals surface area contributed by atoms with Crippen LogP contribution in [0.2, 0.25) is 0 Å². The largest absolute Gasteiger partial charge is 0.445 e. The first-order valence-electron chi connectivity index (χ1n) is 5.96. The number of benzene rings is 1. The number of carbonyl (C=O) groups is 1. The molecule has 1 heterocycles. The van der Waals surface area contributed by atoms with Crippen LogP contribution in [0.25, 0.3) is 0 Å². The number of aromatic nitrogens is 2. The normalized spacial score (nSPS) is 10.0. The topological polar surface area (TPSA) is 85.8 Å². The molecule has 2 rings (SSSR count). The van der Waals surface area contributed by atoms with Crippen molar-refractivity contribution in [2.45, 2.75) is 0 Å². The fourth-order valence-corrected chi connectivity index (χ4v) is 1.51. The van der Waals surface area contributed by atoms with Crippen molar-refractivity contribution in [1.82, 2.24) is 9.97 Å². The highest BCUT2D eigenvalue weighted by molar-refractivity contribution is 5.86. The second kappa shape index (κ2) is 7.17. The number of para-hydroxylation sites is 1. The van der Waals surface area contributed by atoms with Crippen LogP contribution in [0.5, 0.6) is 5.75 Å². The molecule has 1 aromatic carbocycles. The molecular weight excluding hydrogens is 276 g/mol. The van der Waals surface area contributed by atoms with Crippen molar-refractivity contribution in [3.63, 3.8) is 0 Å². The first kappa shape index (κ1) is 14.7. The Morgan fingerprint density at radius 1 is 1.19 bits per heavy atom. The Hall–Kier alpha value is -2.71. The number of hydroxylamine groups is 1. The minimum Gasteiger partial charge on any atom is -0.408 e. The minimum atomic E-state index is -0.731. The third kappa shape index (κ3) is 3.88. The van der Waals surface area contributed by atoms with E-state index in [-0.39, 0.29) is 5.82 Å². The summed E-state index contributed by atoms with van der Waals surface area (Å²) in [5.74, 6) is 0.971. The molecule has 21 heavy (non-hydrogen) atoms. The van der Waals surface area contributed by atoms with Gasteiger partial charge in [0.25, 0.3) is 0 Å². The maximum atomic E-state index is 12.1. The van der Waals surface area contributed by atoms with E-state index < -0.39 is 6.09 Å². The zero-order valence-corrected chi connectivity index (χ0v) is 11.5. The highest BCUT2D eigenvalue weighted by Crippen LogP contribution is 2.17. The van der Waals surface area contributed by atoms with Gasteiger partial charge in [-0.05, 0) is 12.1 Å². The van der Waals surface area contributed by atoms with Crippen molar-refractivity contribution in [2.75, 3.05) is 24.8 Å². The van der Waals surface area contributed by atoms with Crippen molar-refractivity contribution in [3.05, 3.63) is 42.7 Å². The molecule has 1 N–H and O–H groups in total. The van der Waals surface area contributed by atoms with Crippen LogP contribution in [0.4, 0.5) is 16.4 Å². The molecule has 0 aliphatic carbocycles. The van der Waals surface area contributed by atoms with Gasteiger partial charge in [-0.3, -0.25) is 9.68 Å². The highest BCUT2D eigenvalue weighted by Gasteiger charge is 2.20. The average molecular weight is 290 g/mol. The zero-order valence-electron chi connectivity index (χ0n) is 11.5. The molecule has 0 aliphatic heterocycles. The van der Waals surface area contributed by atoms with Crippen molar-refractivity contribution in [1.29, 1.82) is 0 Å². The molecule has 2 aromatic rings. The number of hydrogen-bond donors (Lipinski definition) is 1. The fraction of sp³-hybridized carbons (Fsp3) is 0.154. The van der Waals surface area contributed by atoms with E-state index in [1.807, 2.05) is 6.07 Å². The van der Waals surface area contributed by atoms with Crippen LogP contribution in [0.3, 0.4) is 0 Å². The summed E-state index contributed by atoms with van der Waals surface area (Å²) in [6, 6.07) is 10.1. The predicted octanol–water partition coefficient (Wildman–Crippen LogP) is 2.02. The maximum Gasteiger partial charge on any atom is 0.445 e. The van der Waals surface area contributed by atoms with Crippen molar-refractivity contribution >= 4 is 17.7 Å². The lowest BCUT2D eigenvalue weighted by molar-refractivity contribution is 0.133. The Bertz CT molecular complexity index is 594. The van der Waals surface area contributed by atoms with E-state index in [9.17, 15) is 4.79 Å². The summed E-state index contributed by atoms with van der Waals surface area (Å²) in [4.78, 5) is 29.7. The monoisotopic (exact) mass is 290 g/mol. The summed E-state index contributed by atoms with van der Waals surface area (Å²) >= 11 is 0. The number of carbonyl (C=O) groups excluding carboxylic acids is 1. The minimum absolute atomic E-state index is 0.202. The molecule has 0 atom stereocenters. The molecule has 0 bridgehead atoms. The van der Waals surface area contributed by atoms with Crippen molar-refractivity contribution in [3.8, 4) is 5.75 Å². The van der Waals surface area contributed by atoms with E-state index in [1.165, 1.54) is 26.6 Å². The van der Waals surface area contributed by atoms with E-state index in [1.54, 1.807) is 24.3 Å². The summed E-state index contributed by atoms with van der Waals surface area (Å²) in [5.41, 5.74) is 2.53. The van der Waals surface area contributed by atoms with Gasteiger partial charge in [-0.15, -0.1) is 5.06 Å². The van der Waals surface area contributed by atoms with Gasteiger partial charge in [0.2, 0.25) is 0 Å². The molecule has 1 aromatic heterocycles. The Balaban J connectivity index is 2.15. The summed E-state index contributed by atoms with van der Waals surface area (Å²) in [6.45, 7) is 0. The van der Waals surface area contributed by atoms with Crippen LogP contribution in [0.15, 0.2) is 42.7 Å². The van der Waals surface area contributed by atoms with E-state index in [0.29, 0.717) is 11.6 Å². The molecule has 0 aliphatic rings. The molecule has 1 amide bonds. The molecule has 0 fully saturated rings. The third-order valence-corrected chi connectivity index (χ3v) is 2.36. The molecule has 0 radical (unpaired) electrons. The standard InChI is InChI=1S/C13H14N4O4/c1-19-16-11-8-12(15-9-14-11)17(20-2)13(18)21-10-6-4-3-5-7-10/h3-9H,1-2H3,(H,14,15,16).